The number of hydrogen-bond donors (Lipinski definition) is 0. The number of hydrogen-bond acceptors (Lipinski definition) is 3. The Morgan fingerprint density at radius 3 is 3.00 bits per heavy atom. The highest BCUT2D eigenvalue weighted by molar-refractivity contribution is 5.30. The van der Waals surface area contributed by atoms with Crippen LogP contribution in [0.15, 0.2) is 30.6 Å². The van der Waals surface area contributed by atoms with Crippen LogP contribution in [0.5, 0.6) is 0 Å². The van der Waals surface area contributed by atoms with Crippen molar-refractivity contribution in [2.45, 2.75) is 13.5 Å². The highest BCUT2D eigenvalue weighted by Gasteiger charge is 2.03. The Bertz CT molecular complexity index is 507. The fraction of sp³-hybridized carbons (Fsp3) is 0.182. The molecule has 0 spiro atoms. The summed E-state index contributed by atoms with van der Waals surface area (Å²) in [6.07, 6.45) is 3.51. The van der Waals surface area contributed by atoms with Crippen LogP contribution < -0.4 is 0 Å². The van der Waals surface area contributed by atoms with Crippen LogP contribution in [-0.4, -0.2) is 14.8 Å². The van der Waals surface area contributed by atoms with Crippen molar-refractivity contribution in [1.29, 1.82) is 5.26 Å². The first-order valence-corrected chi connectivity index (χ1v) is 4.63. The molecule has 2 aromatic rings. The molecule has 0 amide bonds. The van der Waals surface area contributed by atoms with Crippen LogP contribution >= 0.6 is 0 Å². The van der Waals surface area contributed by atoms with Crippen molar-refractivity contribution in [2.24, 2.45) is 0 Å². The topological polar surface area (TPSA) is 54.5 Å². The van der Waals surface area contributed by atoms with E-state index in [0.717, 1.165) is 11.3 Å². The predicted molar refractivity (Wildman–Crippen MR) is 55.0 cm³/mol. The smallest absolute Gasteiger partial charge is 0.145 e. The summed E-state index contributed by atoms with van der Waals surface area (Å²) in [5, 5.41) is 13.1. The van der Waals surface area contributed by atoms with Gasteiger partial charge in [-0.05, 0) is 19.1 Å². The maximum atomic E-state index is 8.86. The number of aryl methyl sites for hydroxylation is 1. The Hall–Kier alpha value is -2.15. The fourth-order valence-electron chi connectivity index (χ4n) is 1.39. The minimum Gasteiger partial charge on any atom is -0.268 e. The van der Waals surface area contributed by atoms with E-state index in [9.17, 15) is 0 Å². The summed E-state index contributed by atoms with van der Waals surface area (Å²) in [6.45, 7) is 2.52. The highest BCUT2D eigenvalue weighted by Crippen LogP contribution is 2.06. The average Bonchev–Trinajstić information content (AvgIpc) is 2.65. The molecule has 4 nitrogen and oxygen atoms in total. The molecule has 0 saturated heterocycles. The van der Waals surface area contributed by atoms with Gasteiger partial charge in [-0.3, -0.25) is 4.68 Å². The van der Waals surface area contributed by atoms with E-state index in [1.54, 1.807) is 10.9 Å². The Morgan fingerprint density at radius 2 is 2.33 bits per heavy atom. The molecule has 0 aliphatic heterocycles. The van der Waals surface area contributed by atoms with E-state index in [-0.39, 0.29) is 0 Å². The van der Waals surface area contributed by atoms with Crippen LogP contribution in [0.2, 0.25) is 0 Å². The summed E-state index contributed by atoms with van der Waals surface area (Å²) in [5.41, 5.74) is 2.33. The summed E-state index contributed by atoms with van der Waals surface area (Å²) in [4.78, 5) is 4.00. The molecule has 0 aliphatic rings. The predicted octanol–water partition coefficient (Wildman–Crippen LogP) is 1.51. The second-order valence-corrected chi connectivity index (χ2v) is 3.28. The van der Waals surface area contributed by atoms with Gasteiger partial charge in [0.15, 0.2) is 0 Å². The van der Waals surface area contributed by atoms with E-state index in [2.05, 4.69) is 16.2 Å². The van der Waals surface area contributed by atoms with Crippen LogP contribution in [0.25, 0.3) is 0 Å². The highest BCUT2D eigenvalue weighted by atomic mass is 15.3. The van der Waals surface area contributed by atoms with Crippen molar-refractivity contribution in [1.82, 2.24) is 14.8 Å². The van der Waals surface area contributed by atoms with Crippen molar-refractivity contribution in [3.8, 4) is 6.07 Å². The summed E-state index contributed by atoms with van der Waals surface area (Å²) >= 11 is 0. The van der Waals surface area contributed by atoms with Crippen molar-refractivity contribution in [3.63, 3.8) is 0 Å². The SMILES string of the molecule is Cc1ccn(Cc2cccnc2C#N)n1. The molecule has 74 valence electrons. The van der Waals surface area contributed by atoms with Gasteiger partial charge in [0.25, 0.3) is 0 Å². The third-order valence-electron chi connectivity index (χ3n) is 2.10. The number of pyridine rings is 1. The standard InChI is InChI=1S/C11H10N4/c1-9-4-6-15(14-9)8-10-3-2-5-13-11(10)7-12/h2-6H,8H2,1H3. The van der Waals surface area contributed by atoms with Gasteiger partial charge in [0, 0.05) is 18.0 Å². The van der Waals surface area contributed by atoms with E-state index in [1.807, 2.05) is 31.3 Å². The second-order valence-electron chi connectivity index (χ2n) is 3.28. The Morgan fingerprint density at radius 1 is 1.47 bits per heavy atom. The summed E-state index contributed by atoms with van der Waals surface area (Å²) in [5.74, 6) is 0. The molecule has 15 heavy (non-hydrogen) atoms. The molecule has 0 atom stereocenters. The van der Waals surface area contributed by atoms with Crippen LogP contribution in [0, 0.1) is 18.3 Å². The molecule has 0 unspecified atom stereocenters. The molecule has 4 heteroatoms. The van der Waals surface area contributed by atoms with Gasteiger partial charge in [0.1, 0.15) is 11.8 Å². The van der Waals surface area contributed by atoms with Gasteiger partial charge in [-0.15, -0.1) is 0 Å². The van der Waals surface area contributed by atoms with E-state index in [0.29, 0.717) is 12.2 Å². The second kappa shape index (κ2) is 3.93. The summed E-state index contributed by atoms with van der Waals surface area (Å²) in [6, 6.07) is 7.72. The molecule has 2 heterocycles. The molecule has 0 bridgehead atoms. The molecule has 2 rings (SSSR count). The Labute approximate surface area is 87.8 Å². The first-order chi connectivity index (χ1) is 7.29. The van der Waals surface area contributed by atoms with Crippen LogP contribution in [0.3, 0.4) is 0 Å². The molecule has 0 N–H and O–H groups in total. The molecule has 0 aliphatic carbocycles. The minimum absolute atomic E-state index is 0.464. The first kappa shape index (κ1) is 9.41. The number of aromatic nitrogens is 3. The third kappa shape index (κ3) is 2.02. The van der Waals surface area contributed by atoms with E-state index in [1.165, 1.54) is 0 Å². The Kier molecular flexibility index (Phi) is 2.46. The fourth-order valence-corrected chi connectivity index (χ4v) is 1.39. The summed E-state index contributed by atoms with van der Waals surface area (Å²) in [7, 11) is 0. The largest absolute Gasteiger partial charge is 0.268 e. The van der Waals surface area contributed by atoms with Gasteiger partial charge in [0.05, 0.1) is 12.2 Å². The third-order valence-corrected chi connectivity index (χ3v) is 2.10. The Balaban J connectivity index is 2.28. The molecular formula is C11H10N4. The van der Waals surface area contributed by atoms with Crippen molar-refractivity contribution >= 4 is 0 Å². The quantitative estimate of drug-likeness (QED) is 0.734. The molecule has 0 saturated carbocycles. The summed E-state index contributed by atoms with van der Waals surface area (Å²) < 4.78 is 1.80. The van der Waals surface area contributed by atoms with Gasteiger partial charge in [-0.25, -0.2) is 4.98 Å². The van der Waals surface area contributed by atoms with E-state index < -0.39 is 0 Å². The van der Waals surface area contributed by atoms with Gasteiger partial charge in [0.2, 0.25) is 0 Å². The normalized spacial score (nSPS) is 9.87. The lowest BCUT2D eigenvalue weighted by Crippen LogP contribution is -2.03. The maximum absolute atomic E-state index is 8.86. The van der Waals surface area contributed by atoms with Gasteiger partial charge < -0.3 is 0 Å². The molecule has 0 fully saturated rings. The van der Waals surface area contributed by atoms with Crippen molar-refractivity contribution in [3.05, 3.63) is 47.5 Å². The minimum atomic E-state index is 0.464. The number of nitriles is 1. The lowest BCUT2D eigenvalue weighted by Gasteiger charge is -2.02. The van der Waals surface area contributed by atoms with Crippen LogP contribution in [0.1, 0.15) is 17.0 Å². The van der Waals surface area contributed by atoms with E-state index in [4.69, 9.17) is 5.26 Å². The monoisotopic (exact) mass is 198 g/mol. The van der Waals surface area contributed by atoms with Crippen molar-refractivity contribution in [2.75, 3.05) is 0 Å². The molecule has 0 aromatic carbocycles. The van der Waals surface area contributed by atoms with Crippen molar-refractivity contribution < 1.29 is 0 Å². The number of nitrogens with zero attached hydrogens (tertiary/aromatic N) is 4. The molecule has 0 radical (unpaired) electrons. The van der Waals surface area contributed by atoms with Crippen LogP contribution in [0.4, 0.5) is 0 Å². The lowest BCUT2D eigenvalue weighted by atomic mass is 10.2. The van der Waals surface area contributed by atoms with Gasteiger partial charge >= 0.3 is 0 Å². The van der Waals surface area contributed by atoms with E-state index >= 15 is 0 Å². The van der Waals surface area contributed by atoms with Gasteiger partial charge in [-0.1, -0.05) is 6.07 Å². The lowest BCUT2D eigenvalue weighted by molar-refractivity contribution is 0.676. The molecular weight excluding hydrogens is 188 g/mol. The zero-order chi connectivity index (χ0) is 10.7. The molecule has 2 aromatic heterocycles. The first-order valence-electron chi connectivity index (χ1n) is 4.63. The number of rotatable bonds is 2. The zero-order valence-corrected chi connectivity index (χ0v) is 8.38. The average molecular weight is 198 g/mol. The maximum Gasteiger partial charge on any atom is 0.145 e. The van der Waals surface area contributed by atoms with Gasteiger partial charge in [-0.2, -0.15) is 10.4 Å². The zero-order valence-electron chi connectivity index (χ0n) is 8.38. The van der Waals surface area contributed by atoms with Crippen LogP contribution in [-0.2, 0) is 6.54 Å².